The Balaban J connectivity index is 1.71. The van der Waals surface area contributed by atoms with Crippen LogP contribution in [0.4, 0.5) is 0 Å². The summed E-state index contributed by atoms with van der Waals surface area (Å²) in [7, 11) is 1.77. The lowest BCUT2D eigenvalue weighted by molar-refractivity contribution is -0.148. The van der Waals surface area contributed by atoms with Crippen molar-refractivity contribution < 1.29 is 19.1 Å². The lowest BCUT2D eigenvalue weighted by Crippen LogP contribution is -2.47. The number of guanidine groups is 1. The minimum absolute atomic E-state index is 0.0266. The normalized spacial score (nSPS) is 27.8. The van der Waals surface area contributed by atoms with Gasteiger partial charge in [-0.25, -0.2) is 4.99 Å². The number of ether oxygens (including phenoxy) is 2. The van der Waals surface area contributed by atoms with E-state index >= 15 is 0 Å². The van der Waals surface area contributed by atoms with Crippen molar-refractivity contribution in [1.82, 2.24) is 4.90 Å². The molecule has 2 N–H and O–H groups in total. The lowest BCUT2D eigenvalue weighted by atomic mass is 9.62. The second kappa shape index (κ2) is 10.0. The predicted molar refractivity (Wildman–Crippen MR) is 134 cm³/mol. The summed E-state index contributed by atoms with van der Waals surface area (Å²) in [5, 5.41) is 0. The Morgan fingerprint density at radius 2 is 2.00 bits per heavy atom. The van der Waals surface area contributed by atoms with Gasteiger partial charge in [0.2, 0.25) is 6.41 Å². The van der Waals surface area contributed by atoms with E-state index in [0.29, 0.717) is 12.3 Å². The zero-order valence-corrected chi connectivity index (χ0v) is 21.3. The molecular weight excluding hydrogens is 442 g/mol. The monoisotopic (exact) mass is 479 g/mol. The van der Waals surface area contributed by atoms with Crippen LogP contribution in [-0.4, -0.2) is 49.1 Å². The molecule has 1 atom stereocenters. The molecule has 0 saturated heterocycles. The molecule has 1 spiro atoms. The lowest BCUT2D eigenvalue weighted by Gasteiger charge is -2.46. The van der Waals surface area contributed by atoms with Crippen LogP contribution >= 0.6 is 0 Å². The number of amides is 1. The molecule has 1 aromatic carbocycles. The quantitative estimate of drug-likeness (QED) is 0.222. The summed E-state index contributed by atoms with van der Waals surface area (Å²) in [5.41, 5.74) is 8.92. The molecule has 188 valence electrons. The molecule has 0 radical (unpaired) electrons. The Morgan fingerprint density at radius 1 is 1.29 bits per heavy atom. The minimum Gasteiger partial charge on any atom is -0.462 e. The van der Waals surface area contributed by atoms with E-state index in [9.17, 15) is 9.59 Å². The van der Waals surface area contributed by atoms with Gasteiger partial charge in [-0.2, -0.15) is 0 Å². The summed E-state index contributed by atoms with van der Waals surface area (Å²) in [5.74, 6) is 6.71. The van der Waals surface area contributed by atoms with Crippen LogP contribution in [0.25, 0.3) is 0 Å². The molecule has 3 aliphatic carbocycles. The van der Waals surface area contributed by atoms with E-state index in [2.05, 4.69) is 37.0 Å². The number of carbonyl (C=O) groups is 2. The molecular formula is C28H37N3O4. The van der Waals surface area contributed by atoms with E-state index in [1.807, 2.05) is 0 Å². The number of rotatable bonds is 6. The summed E-state index contributed by atoms with van der Waals surface area (Å²) in [6, 6.07) is 6.42. The first-order valence-electron chi connectivity index (χ1n) is 12.6. The molecule has 1 amide bonds. The highest BCUT2D eigenvalue weighted by molar-refractivity contribution is 5.92. The number of fused-ring (bicyclic) bond motifs is 1. The fraction of sp³-hybridized carbons (Fsp3) is 0.607. The molecule has 2 fully saturated rings. The first-order valence-corrected chi connectivity index (χ1v) is 12.6. The van der Waals surface area contributed by atoms with Gasteiger partial charge in [-0.3, -0.25) is 14.5 Å². The fourth-order valence-electron chi connectivity index (χ4n) is 5.62. The van der Waals surface area contributed by atoms with Crippen LogP contribution in [0.15, 0.2) is 23.2 Å². The van der Waals surface area contributed by atoms with Gasteiger partial charge in [0.05, 0.1) is 17.7 Å². The SMILES string of the molecule is CO[C@H]1CC[C@]2(CC1)Cc1ccc(C#CC3CC3)cc1C2(C)/N=C(/N)N(C=O)CC(=O)OC(C)C. The summed E-state index contributed by atoms with van der Waals surface area (Å²) in [4.78, 5) is 30.3. The summed E-state index contributed by atoms with van der Waals surface area (Å²) in [6.07, 6.45) is 7.53. The Labute approximate surface area is 208 Å². The van der Waals surface area contributed by atoms with Crippen molar-refractivity contribution in [2.75, 3.05) is 13.7 Å². The highest BCUT2D eigenvalue weighted by Crippen LogP contribution is 2.59. The highest BCUT2D eigenvalue weighted by Gasteiger charge is 2.56. The van der Waals surface area contributed by atoms with Gasteiger partial charge in [-0.1, -0.05) is 17.9 Å². The molecule has 0 aliphatic heterocycles. The minimum atomic E-state index is -0.661. The summed E-state index contributed by atoms with van der Waals surface area (Å²) >= 11 is 0. The van der Waals surface area contributed by atoms with E-state index in [-0.39, 0.29) is 30.1 Å². The van der Waals surface area contributed by atoms with Crippen LogP contribution in [0.1, 0.15) is 76.0 Å². The molecule has 1 aromatic rings. The van der Waals surface area contributed by atoms with Crippen LogP contribution in [0, 0.1) is 23.2 Å². The summed E-state index contributed by atoms with van der Waals surface area (Å²) in [6.45, 7) is 5.37. The predicted octanol–water partition coefficient (Wildman–Crippen LogP) is 3.52. The topological polar surface area (TPSA) is 94.2 Å². The second-order valence-electron chi connectivity index (χ2n) is 10.6. The standard InChI is InChI=1S/C28H37N3O4/c1-19(2)35-25(33)17-31(18-32)26(29)30-27(3)24-15-21(8-7-20-5-6-20)9-10-22(24)16-28(27)13-11-23(34-4)12-14-28/h9-10,15,18-20,23H,5-6,11-14,16-17H2,1-4H3,(H2,29,30)/t23-,27?,28-. The Bertz CT molecular complexity index is 1060. The van der Waals surface area contributed by atoms with Gasteiger partial charge in [-0.05, 0) is 89.0 Å². The van der Waals surface area contributed by atoms with Crippen LogP contribution in [-0.2, 0) is 31.0 Å². The van der Waals surface area contributed by atoms with Gasteiger partial charge >= 0.3 is 5.97 Å². The van der Waals surface area contributed by atoms with Crippen LogP contribution < -0.4 is 5.73 Å². The zero-order chi connectivity index (χ0) is 25.2. The van der Waals surface area contributed by atoms with Gasteiger partial charge in [0, 0.05) is 24.0 Å². The van der Waals surface area contributed by atoms with Crippen molar-refractivity contribution >= 4 is 18.3 Å². The Kier molecular flexibility index (Phi) is 7.23. The number of carbonyl (C=O) groups excluding carboxylic acids is 2. The molecule has 0 bridgehead atoms. The Hall–Kier alpha value is -2.85. The first-order chi connectivity index (χ1) is 16.7. The number of nitrogens with zero attached hydrogens (tertiary/aromatic N) is 2. The highest BCUT2D eigenvalue weighted by atomic mass is 16.5. The number of methoxy groups -OCH3 is 1. The van der Waals surface area contributed by atoms with E-state index in [1.165, 1.54) is 18.4 Å². The molecule has 4 rings (SSSR count). The third kappa shape index (κ3) is 5.23. The van der Waals surface area contributed by atoms with Gasteiger partial charge in [0.25, 0.3) is 0 Å². The number of esters is 1. The van der Waals surface area contributed by atoms with Crippen LogP contribution in [0.5, 0.6) is 0 Å². The maximum Gasteiger partial charge on any atom is 0.326 e. The molecule has 7 nitrogen and oxygen atoms in total. The first kappa shape index (κ1) is 25.2. The molecule has 3 aliphatic rings. The molecule has 0 aromatic heterocycles. The summed E-state index contributed by atoms with van der Waals surface area (Å²) < 4.78 is 10.9. The molecule has 7 heteroatoms. The van der Waals surface area contributed by atoms with Crippen molar-refractivity contribution in [1.29, 1.82) is 0 Å². The molecule has 35 heavy (non-hydrogen) atoms. The maximum atomic E-state index is 12.2. The third-order valence-corrected chi connectivity index (χ3v) is 7.84. The zero-order valence-electron chi connectivity index (χ0n) is 21.3. The number of benzene rings is 1. The van der Waals surface area contributed by atoms with Gasteiger partial charge < -0.3 is 15.2 Å². The van der Waals surface area contributed by atoms with Crippen LogP contribution in [0.3, 0.4) is 0 Å². The van der Waals surface area contributed by atoms with Crippen molar-refractivity contribution in [3.05, 3.63) is 34.9 Å². The second-order valence-corrected chi connectivity index (χ2v) is 10.6. The smallest absolute Gasteiger partial charge is 0.326 e. The molecule has 1 unspecified atom stereocenters. The molecule has 0 heterocycles. The van der Waals surface area contributed by atoms with E-state index < -0.39 is 11.5 Å². The number of nitrogens with two attached hydrogens (primary N) is 1. The van der Waals surface area contributed by atoms with Crippen molar-refractivity contribution in [2.24, 2.45) is 22.1 Å². The van der Waals surface area contributed by atoms with Crippen LogP contribution in [0.2, 0.25) is 0 Å². The van der Waals surface area contributed by atoms with E-state index in [0.717, 1.165) is 48.1 Å². The van der Waals surface area contributed by atoms with Gasteiger partial charge in [-0.15, -0.1) is 0 Å². The van der Waals surface area contributed by atoms with Crippen molar-refractivity contribution in [3.63, 3.8) is 0 Å². The largest absolute Gasteiger partial charge is 0.462 e. The number of hydrogen-bond acceptors (Lipinski definition) is 5. The number of aliphatic imine (C=N–C) groups is 1. The van der Waals surface area contributed by atoms with E-state index in [1.54, 1.807) is 21.0 Å². The van der Waals surface area contributed by atoms with Gasteiger partial charge in [0.1, 0.15) is 6.54 Å². The third-order valence-electron chi connectivity index (χ3n) is 7.84. The van der Waals surface area contributed by atoms with E-state index in [4.69, 9.17) is 20.2 Å². The molecule has 2 saturated carbocycles. The van der Waals surface area contributed by atoms with Gasteiger partial charge in [0.15, 0.2) is 5.96 Å². The average Bonchev–Trinajstić information content (AvgIpc) is 3.63. The Morgan fingerprint density at radius 3 is 2.60 bits per heavy atom. The van der Waals surface area contributed by atoms with Crippen molar-refractivity contribution in [2.45, 2.75) is 83.5 Å². The van der Waals surface area contributed by atoms with Crippen molar-refractivity contribution in [3.8, 4) is 11.8 Å². The fourth-order valence-corrected chi connectivity index (χ4v) is 5.62. The maximum absolute atomic E-state index is 12.2. The average molecular weight is 480 g/mol. The number of hydrogen-bond donors (Lipinski definition) is 1.